The molecule has 4 aromatic rings. The van der Waals surface area contributed by atoms with Crippen molar-refractivity contribution in [2.75, 3.05) is 24.2 Å². The summed E-state index contributed by atoms with van der Waals surface area (Å²) in [7, 11) is 1.56. The van der Waals surface area contributed by atoms with Crippen molar-refractivity contribution in [1.29, 1.82) is 0 Å². The number of halogens is 7. The molecule has 3 heterocycles. The third kappa shape index (κ3) is 7.78. The first-order valence-electron chi connectivity index (χ1n) is 10.9. The fraction of sp³-hybridized carbons (Fsp3) is 0.174. The van der Waals surface area contributed by atoms with Crippen molar-refractivity contribution >= 4 is 29.2 Å². The summed E-state index contributed by atoms with van der Waals surface area (Å²) in [5.41, 5.74) is 2.89. The quantitative estimate of drug-likeness (QED) is 0.248. The van der Waals surface area contributed by atoms with Crippen LogP contribution in [-0.2, 0) is 4.79 Å². The number of alkyl halides is 6. The Bertz CT molecular complexity index is 1520. The number of benzene rings is 1. The minimum atomic E-state index is -5.08. The van der Waals surface area contributed by atoms with E-state index in [2.05, 4.69) is 25.6 Å². The largest absolute Gasteiger partial charge is 0.490 e. The zero-order valence-electron chi connectivity index (χ0n) is 20.1. The second-order valence-electron chi connectivity index (χ2n) is 7.73. The standard InChI is InChI=1S/C21H17F4N7O.C2HF3O2/c1-26-19-15(22)9-28-18(31-19)13-5-6-32-16(10-27-17(32)8-13)12-3-2-4-14(7-12)30-20(33)29-11-21(23,24)25;3-2(4,5)1(6)7/h2-10H,11H2,1H3,(H,26,28,31)(H2,29,30,33);(H,6,7). The average Bonchev–Trinajstić information content (AvgIpc) is 3.31. The Balaban J connectivity index is 0.000000559. The molecule has 10 nitrogen and oxygen atoms in total. The van der Waals surface area contributed by atoms with Crippen molar-refractivity contribution in [3.63, 3.8) is 0 Å². The van der Waals surface area contributed by atoms with E-state index in [0.717, 1.165) is 6.20 Å². The molecular formula is C23H18F7N7O3. The maximum Gasteiger partial charge on any atom is 0.490 e. The maximum absolute atomic E-state index is 13.7. The highest BCUT2D eigenvalue weighted by Crippen LogP contribution is 2.26. The second kappa shape index (κ2) is 11.8. The molecule has 212 valence electrons. The minimum Gasteiger partial charge on any atom is -0.475 e. The fourth-order valence-corrected chi connectivity index (χ4v) is 3.13. The van der Waals surface area contributed by atoms with Gasteiger partial charge in [-0.1, -0.05) is 12.1 Å². The topological polar surface area (TPSA) is 134 Å². The molecule has 0 aliphatic heterocycles. The van der Waals surface area contributed by atoms with Gasteiger partial charge in [-0.25, -0.2) is 28.9 Å². The number of aliphatic carboxylic acids is 1. The summed E-state index contributed by atoms with van der Waals surface area (Å²) in [6.45, 7) is -1.43. The summed E-state index contributed by atoms with van der Waals surface area (Å²) in [6, 6.07) is 9.13. The van der Waals surface area contributed by atoms with Gasteiger partial charge in [0.05, 0.1) is 18.1 Å². The van der Waals surface area contributed by atoms with Gasteiger partial charge in [-0.05, 0) is 24.3 Å². The lowest BCUT2D eigenvalue weighted by atomic mass is 10.1. The summed E-state index contributed by atoms with van der Waals surface area (Å²) in [6.07, 6.45) is -5.14. The molecule has 40 heavy (non-hydrogen) atoms. The van der Waals surface area contributed by atoms with E-state index in [-0.39, 0.29) is 5.82 Å². The highest BCUT2D eigenvalue weighted by molar-refractivity contribution is 5.90. The van der Waals surface area contributed by atoms with Crippen LogP contribution in [0.25, 0.3) is 28.3 Å². The van der Waals surface area contributed by atoms with E-state index in [9.17, 15) is 35.5 Å². The van der Waals surface area contributed by atoms with Crippen LogP contribution in [0.15, 0.2) is 55.0 Å². The Labute approximate surface area is 219 Å². The van der Waals surface area contributed by atoms with Crippen LogP contribution in [0.3, 0.4) is 0 Å². The smallest absolute Gasteiger partial charge is 0.475 e. The van der Waals surface area contributed by atoms with E-state index in [0.29, 0.717) is 34.0 Å². The number of anilines is 2. The first kappa shape index (κ1) is 29.6. The van der Waals surface area contributed by atoms with Gasteiger partial charge in [-0.15, -0.1) is 0 Å². The normalized spacial score (nSPS) is 11.4. The number of amides is 2. The van der Waals surface area contributed by atoms with Gasteiger partial charge in [0.1, 0.15) is 12.2 Å². The van der Waals surface area contributed by atoms with Crippen LogP contribution in [0.5, 0.6) is 0 Å². The molecule has 4 rings (SSSR count). The predicted octanol–water partition coefficient (Wildman–Crippen LogP) is 4.96. The number of imidazole rings is 1. The molecule has 0 saturated heterocycles. The van der Waals surface area contributed by atoms with Crippen LogP contribution in [0, 0.1) is 5.82 Å². The van der Waals surface area contributed by atoms with Gasteiger partial charge in [0, 0.05) is 30.1 Å². The Hall–Kier alpha value is -4.96. The predicted molar refractivity (Wildman–Crippen MR) is 128 cm³/mol. The van der Waals surface area contributed by atoms with Crippen molar-refractivity contribution in [2.24, 2.45) is 0 Å². The molecule has 0 unspecified atom stereocenters. The van der Waals surface area contributed by atoms with Gasteiger partial charge in [0.25, 0.3) is 0 Å². The lowest BCUT2D eigenvalue weighted by Gasteiger charge is -2.11. The number of carboxylic acid groups (broad SMARTS) is 1. The summed E-state index contributed by atoms with van der Waals surface area (Å²) in [4.78, 5) is 33.2. The number of urea groups is 1. The number of nitrogens with one attached hydrogen (secondary N) is 3. The van der Waals surface area contributed by atoms with Crippen LogP contribution in [0.4, 0.5) is 47.0 Å². The number of fused-ring (bicyclic) bond motifs is 1. The molecule has 0 saturated carbocycles. The molecular weight excluding hydrogens is 555 g/mol. The number of nitrogens with zero attached hydrogens (tertiary/aromatic N) is 4. The molecule has 17 heteroatoms. The maximum atomic E-state index is 13.7. The number of aromatic nitrogens is 4. The van der Waals surface area contributed by atoms with E-state index in [4.69, 9.17) is 9.90 Å². The van der Waals surface area contributed by atoms with E-state index < -0.39 is 36.7 Å². The Kier molecular flexibility index (Phi) is 8.75. The Morgan fingerprint density at radius 3 is 2.33 bits per heavy atom. The Morgan fingerprint density at radius 2 is 1.70 bits per heavy atom. The average molecular weight is 573 g/mol. The van der Waals surface area contributed by atoms with Crippen molar-refractivity contribution < 1.29 is 45.4 Å². The number of rotatable bonds is 5. The fourth-order valence-electron chi connectivity index (χ4n) is 3.13. The molecule has 4 N–H and O–H groups in total. The zero-order valence-corrected chi connectivity index (χ0v) is 20.1. The van der Waals surface area contributed by atoms with E-state index in [1.807, 2.05) is 0 Å². The zero-order chi connectivity index (χ0) is 29.7. The van der Waals surface area contributed by atoms with Crippen molar-refractivity contribution in [3.05, 3.63) is 60.8 Å². The number of hydrogen-bond donors (Lipinski definition) is 4. The van der Waals surface area contributed by atoms with Gasteiger partial charge in [-0.2, -0.15) is 26.3 Å². The monoisotopic (exact) mass is 573 g/mol. The number of hydrogen-bond acceptors (Lipinski definition) is 6. The first-order chi connectivity index (χ1) is 18.7. The number of carboxylic acids is 1. The summed E-state index contributed by atoms with van der Waals surface area (Å²) < 4.78 is 84.0. The lowest BCUT2D eigenvalue weighted by Crippen LogP contribution is -2.36. The molecule has 0 atom stereocenters. The van der Waals surface area contributed by atoms with Crippen LogP contribution < -0.4 is 16.0 Å². The summed E-state index contributed by atoms with van der Waals surface area (Å²) >= 11 is 0. The van der Waals surface area contributed by atoms with E-state index >= 15 is 0 Å². The second-order valence-corrected chi connectivity index (χ2v) is 7.73. The molecule has 0 aliphatic carbocycles. The molecule has 0 radical (unpaired) electrons. The summed E-state index contributed by atoms with van der Waals surface area (Å²) in [5.74, 6) is -2.92. The molecule has 1 aromatic carbocycles. The molecule has 0 aliphatic rings. The van der Waals surface area contributed by atoms with Gasteiger partial charge in [-0.3, -0.25) is 4.40 Å². The van der Waals surface area contributed by atoms with Crippen LogP contribution >= 0.6 is 0 Å². The molecule has 0 spiro atoms. The van der Waals surface area contributed by atoms with Crippen molar-refractivity contribution in [2.45, 2.75) is 12.4 Å². The highest BCUT2D eigenvalue weighted by Gasteiger charge is 2.38. The molecule has 2 amide bonds. The van der Waals surface area contributed by atoms with Gasteiger partial charge in [0.15, 0.2) is 17.5 Å². The van der Waals surface area contributed by atoms with Crippen LogP contribution in [0.1, 0.15) is 0 Å². The SMILES string of the molecule is CNc1nc(-c2ccn3c(-c4cccc(NC(=O)NCC(F)(F)F)c4)cnc3c2)ncc1F.O=C(O)C(F)(F)F. The number of carbonyl (C=O) groups is 2. The van der Waals surface area contributed by atoms with Crippen molar-refractivity contribution in [3.8, 4) is 22.6 Å². The van der Waals surface area contributed by atoms with Gasteiger partial charge < -0.3 is 21.1 Å². The van der Waals surface area contributed by atoms with E-state index in [1.54, 1.807) is 65.6 Å². The number of carbonyl (C=O) groups excluding carboxylic acids is 1. The lowest BCUT2D eigenvalue weighted by molar-refractivity contribution is -0.192. The molecule has 0 bridgehead atoms. The van der Waals surface area contributed by atoms with E-state index in [1.165, 1.54) is 0 Å². The minimum absolute atomic E-state index is 0.0764. The van der Waals surface area contributed by atoms with Crippen LogP contribution in [-0.4, -0.2) is 62.4 Å². The molecule has 0 fully saturated rings. The van der Waals surface area contributed by atoms with Gasteiger partial charge in [0.2, 0.25) is 0 Å². The first-order valence-corrected chi connectivity index (χ1v) is 10.9. The third-order valence-corrected chi connectivity index (χ3v) is 4.86. The third-order valence-electron chi connectivity index (χ3n) is 4.86. The Morgan fingerprint density at radius 1 is 1.00 bits per heavy atom. The van der Waals surface area contributed by atoms with Crippen LogP contribution in [0.2, 0.25) is 0 Å². The number of pyridine rings is 1. The van der Waals surface area contributed by atoms with Gasteiger partial charge >= 0.3 is 24.4 Å². The summed E-state index contributed by atoms with van der Waals surface area (Å²) in [5, 5.41) is 13.9. The molecule has 3 aromatic heterocycles. The highest BCUT2D eigenvalue weighted by atomic mass is 19.4. The van der Waals surface area contributed by atoms with Crippen molar-refractivity contribution in [1.82, 2.24) is 24.7 Å².